The van der Waals surface area contributed by atoms with Crippen LogP contribution in [0.1, 0.15) is 5.69 Å². The first kappa shape index (κ1) is 11.9. The van der Waals surface area contributed by atoms with E-state index in [4.69, 9.17) is 0 Å². The van der Waals surface area contributed by atoms with Gasteiger partial charge in [0.2, 0.25) is 0 Å². The normalized spacial score (nSPS) is 10.8. The van der Waals surface area contributed by atoms with Gasteiger partial charge in [0, 0.05) is 17.8 Å². The quantitative estimate of drug-likeness (QED) is 0.686. The zero-order chi connectivity index (χ0) is 13.2. The number of fused-ring (bicyclic) bond motifs is 1. The summed E-state index contributed by atoms with van der Waals surface area (Å²) in [4.78, 5) is 20.1. The maximum Gasteiger partial charge on any atom is 0.311 e. The number of rotatable bonds is 3. The van der Waals surface area contributed by atoms with Crippen molar-refractivity contribution in [2.75, 3.05) is 7.11 Å². The molecule has 3 rings (SSSR count). The third kappa shape index (κ3) is 2.34. The van der Waals surface area contributed by atoms with Crippen molar-refractivity contribution in [3.63, 3.8) is 0 Å². The number of carbonyl (C=O) groups is 1. The number of imidazole rings is 1. The van der Waals surface area contributed by atoms with Gasteiger partial charge in [-0.3, -0.25) is 4.79 Å². The summed E-state index contributed by atoms with van der Waals surface area (Å²) in [7, 11) is 1.37. The monoisotopic (exact) mass is 273 g/mol. The number of hydrogen-bond acceptors (Lipinski definition) is 5. The number of ether oxygens (including phenoxy) is 1. The minimum atomic E-state index is -0.285. The molecule has 0 aliphatic rings. The highest BCUT2D eigenvalue weighted by Crippen LogP contribution is 2.23. The van der Waals surface area contributed by atoms with E-state index in [1.54, 1.807) is 0 Å². The number of carbonyl (C=O) groups excluding carboxylic acids is 1. The molecule has 0 unspecified atom stereocenters. The first-order valence-electron chi connectivity index (χ1n) is 5.71. The predicted molar refractivity (Wildman–Crippen MR) is 72.0 cm³/mol. The van der Waals surface area contributed by atoms with Crippen LogP contribution in [-0.2, 0) is 16.0 Å². The molecular formula is C13H11N3O2S. The van der Waals surface area contributed by atoms with Crippen LogP contribution >= 0.6 is 11.3 Å². The Morgan fingerprint density at radius 1 is 1.42 bits per heavy atom. The number of esters is 1. The molecule has 0 N–H and O–H groups in total. The second-order valence-electron chi connectivity index (χ2n) is 3.99. The SMILES string of the molecule is COC(=O)Cc1csc(-c2cn3ccccc3n2)n1. The van der Waals surface area contributed by atoms with E-state index in [-0.39, 0.29) is 12.4 Å². The van der Waals surface area contributed by atoms with E-state index in [1.807, 2.05) is 40.4 Å². The maximum atomic E-state index is 11.2. The van der Waals surface area contributed by atoms with Gasteiger partial charge in [-0.15, -0.1) is 11.3 Å². The van der Waals surface area contributed by atoms with Gasteiger partial charge in [0.15, 0.2) is 0 Å². The zero-order valence-electron chi connectivity index (χ0n) is 10.2. The summed E-state index contributed by atoms with van der Waals surface area (Å²) in [6.07, 6.45) is 4.06. The lowest BCUT2D eigenvalue weighted by molar-refractivity contribution is -0.139. The van der Waals surface area contributed by atoms with Crippen molar-refractivity contribution in [1.29, 1.82) is 0 Å². The third-order valence-corrected chi connectivity index (χ3v) is 3.60. The van der Waals surface area contributed by atoms with E-state index in [0.29, 0.717) is 5.69 Å². The molecule has 19 heavy (non-hydrogen) atoms. The van der Waals surface area contributed by atoms with Gasteiger partial charge in [0.25, 0.3) is 0 Å². The van der Waals surface area contributed by atoms with Gasteiger partial charge in [0.1, 0.15) is 16.3 Å². The molecule has 3 heterocycles. The lowest BCUT2D eigenvalue weighted by atomic mass is 10.3. The van der Waals surface area contributed by atoms with Crippen molar-refractivity contribution in [2.24, 2.45) is 0 Å². The van der Waals surface area contributed by atoms with Crippen LogP contribution in [0.2, 0.25) is 0 Å². The Morgan fingerprint density at radius 2 is 2.32 bits per heavy atom. The summed E-state index contributed by atoms with van der Waals surface area (Å²) >= 11 is 1.48. The van der Waals surface area contributed by atoms with E-state index < -0.39 is 0 Å². The second-order valence-corrected chi connectivity index (χ2v) is 4.85. The van der Waals surface area contributed by atoms with Crippen LogP contribution in [0.25, 0.3) is 16.3 Å². The topological polar surface area (TPSA) is 56.5 Å². The van der Waals surface area contributed by atoms with E-state index in [2.05, 4.69) is 14.7 Å². The second kappa shape index (κ2) is 4.81. The van der Waals surface area contributed by atoms with Gasteiger partial charge >= 0.3 is 5.97 Å². The Morgan fingerprint density at radius 3 is 3.11 bits per heavy atom. The van der Waals surface area contributed by atoms with Crippen molar-refractivity contribution < 1.29 is 9.53 Å². The number of hydrogen-bond donors (Lipinski definition) is 0. The fourth-order valence-electron chi connectivity index (χ4n) is 1.76. The number of thiazole rings is 1. The minimum absolute atomic E-state index is 0.195. The highest BCUT2D eigenvalue weighted by Gasteiger charge is 2.11. The molecule has 5 nitrogen and oxygen atoms in total. The average Bonchev–Trinajstić information content (AvgIpc) is 3.04. The largest absolute Gasteiger partial charge is 0.469 e. The van der Waals surface area contributed by atoms with Gasteiger partial charge in [-0.2, -0.15) is 0 Å². The number of nitrogens with zero attached hydrogens (tertiary/aromatic N) is 3. The molecule has 0 amide bonds. The van der Waals surface area contributed by atoms with Crippen molar-refractivity contribution in [2.45, 2.75) is 6.42 Å². The Kier molecular flexibility index (Phi) is 3.00. The highest BCUT2D eigenvalue weighted by molar-refractivity contribution is 7.13. The molecule has 0 radical (unpaired) electrons. The van der Waals surface area contributed by atoms with Crippen molar-refractivity contribution in [1.82, 2.24) is 14.4 Å². The summed E-state index contributed by atoms with van der Waals surface area (Å²) in [5, 5.41) is 2.67. The van der Waals surface area contributed by atoms with Crippen molar-refractivity contribution in [3.05, 3.63) is 41.7 Å². The zero-order valence-corrected chi connectivity index (χ0v) is 11.1. The first-order valence-corrected chi connectivity index (χ1v) is 6.59. The lowest BCUT2D eigenvalue weighted by Crippen LogP contribution is -2.04. The fourth-order valence-corrected chi connectivity index (χ4v) is 2.54. The molecular weight excluding hydrogens is 262 g/mol. The van der Waals surface area contributed by atoms with E-state index in [9.17, 15) is 4.79 Å². The summed E-state index contributed by atoms with van der Waals surface area (Å²) in [6, 6.07) is 5.83. The predicted octanol–water partition coefficient (Wildman–Crippen LogP) is 2.17. The highest BCUT2D eigenvalue weighted by atomic mass is 32.1. The van der Waals surface area contributed by atoms with Crippen LogP contribution in [0.15, 0.2) is 36.0 Å². The summed E-state index contributed by atoms with van der Waals surface area (Å²) < 4.78 is 6.56. The standard InChI is InChI=1S/C13H11N3O2S/c1-18-12(17)6-9-8-19-13(14-9)10-7-16-5-3-2-4-11(16)15-10/h2-5,7-8H,6H2,1H3. The number of pyridine rings is 1. The van der Waals surface area contributed by atoms with E-state index in [1.165, 1.54) is 18.4 Å². The number of aromatic nitrogens is 3. The Labute approximate surface area is 113 Å². The molecule has 0 aromatic carbocycles. The van der Waals surface area contributed by atoms with Gasteiger partial charge in [0.05, 0.1) is 19.2 Å². The molecule has 96 valence electrons. The van der Waals surface area contributed by atoms with Crippen molar-refractivity contribution >= 4 is 23.0 Å². The minimum Gasteiger partial charge on any atom is -0.469 e. The van der Waals surface area contributed by atoms with Crippen LogP contribution in [-0.4, -0.2) is 27.4 Å². The van der Waals surface area contributed by atoms with Crippen LogP contribution in [0.5, 0.6) is 0 Å². The molecule has 0 spiro atoms. The van der Waals surface area contributed by atoms with Gasteiger partial charge in [-0.1, -0.05) is 6.07 Å². The van der Waals surface area contributed by atoms with E-state index in [0.717, 1.165) is 16.3 Å². The van der Waals surface area contributed by atoms with Gasteiger partial charge in [-0.25, -0.2) is 9.97 Å². The molecule has 0 saturated heterocycles. The van der Waals surface area contributed by atoms with Crippen LogP contribution < -0.4 is 0 Å². The molecule has 6 heteroatoms. The van der Waals surface area contributed by atoms with Gasteiger partial charge in [-0.05, 0) is 12.1 Å². The van der Waals surface area contributed by atoms with Crippen molar-refractivity contribution in [3.8, 4) is 10.7 Å². The van der Waals surface area contributed by atoms with Gasteiger partial charge < -0.3 is 9.14 Å². The van der Waals surface area contributed by atoms with Crippen LogP contribution in [0, 0.1) is 0 Å². The molecule has 3 aromatic heterocycles. The summed E-state index contributed by atoms with van der Waals surface area (Å²) in [6.45, 7) is 0. The smallest absolute Gasteiger partial charge is 0.311 e. The first-order chi connectivity index (χ1) is 9.26. The molecule has 0 bridgehead atoms. The summed E-state index contributed by atoms with van der Waals surface area (Å²) in [5.41, 5.74) is 2.40. The van der Waals surface area contributed by atoms with E-state index >= 15 is 0 Å². The lowest BCUT2D eigenvalue weighted by Gasteiger charge is -1.93. The maximum absolute atomic E-state index is 11.2. The molecule has 3 aromatic rings. The Balaban J connectivity index is 1.91. The van der Waals surface area contributed by atoms with Crippen LogP contribution in [0.3, 0.4) is 0 Å². The third-order valence-electron chi connectivity index (χ3n) is 2.69. The molecule has 0 fully saturated rings. The summed E-state index contributed by atoms with van der Waals surface area (Å²) in [5.74, 6) is -0.285. The van der Waals surface area contributed by atoms with Crippen LogP contribution in [0.4, 0.5) is 0 Å². The average molecular weight is 273 g/mol. The fraction of sp³-hybridized carbons (Fsp3) is 0.154. The molecule has 0 atom stereocenters. The molecule has 0 aliphatic heterocycles. The number of methoxy groups -OCH3 is 1. The molecule has 0 saturated carbocycles. The Hall–Kier alpha value is -2.21. The molecule has 0 aliphatic carbocycles. The Bertz CT molecular complexity index is 699.